The van der Waals surface area contributed by atoms with Crippen molar-refractivity contribution in [2.45, 2.75) is 19.3 Å². The number of fused-ring (bicyclic) bond motifs is 1. The molecule has 13 heavy (non-hydrogen) atoms. The van der Waals surface area contributed by atoms with Crippen molar-refractivity contribution in [1.82, 2.24) is 0 Å². The van der Waals surface area contributed by atoms with E-state index in [2.05, 4.69) is 15.9 Å². The number of hydrogen-bond acceptors (Lipinski definition) is 1. The van der Waals surface area contributed by atoms with Crippen molar-refractivity contribution in [2.75, 3.05) is 0 Å². The average Bonchev–Trinajstić information content (AvgIpc) is 2.09. The molecule has 0 N–H and O–H groups in total. The lowest BCUT2D eigenvalue weighted by atomic mass is 9.91. The second kappa shape index (κ2) is 3.22. The van der Waals surface area contributed by atoms with Crippen molar-refractivity contribution in [2.24, 2.45) is 0 Å². The summed E-state index contributed by atoms with van der Waals surface area (Å²) >= 11 is 3.07. The second-order valence-corrected chi connectivity index (χ2v) is 4.05. The van der Waals surface area contributed by atoms with Crippen LogP contribution in [0.2, 0.25) is 0 Å². The number of halogens is 2. The monoisotopic (exact) mass is 242 g/mol. The first kappa shape index (κ1) is 8.88. The van der Waals surface area contributed by atoms with Crippen LogP contribution in [0.4, 0.5) is 4.39 Å². The van der Waals surface area contributed by atoms with Gasteiger partial charge in [-0.05, 0) is 46.5 Å². The smallest absolute Gasteiger partial charge is 0.163 e. The first-order valence-corrected chi connectivity index (χ1v) is 4.99. The molecular weight excluding hydrogens is 235 g/mol. The molecule has 68 valence electrons. The number of Topliss-reactive ketones (excluding diaryl/α,β-unsaturated/α-hetero) is 1. The van der Waals surface area contributed by atoms with E-state index in [0.717, 1.165) is 18.4 Å². The van der Waals surface area contributed by atoms with Gasteiger partial charge in [0.1, 0.15) is 5.82 Å². The van der Waals surface area contributed by atoms with Gasteiger partial charge in [0.05, 0.1) is 4.47 Å². The third-order valence-corrected chi connectivity index (χ3v) is 2.90. The normalized spacial score (nSPS) is 15.7. The Labute approximate surface area is 84.1 Å². The molecule has 0 bridgehead atoms. The highest BCUT2D eigenvalue weighted by molar-refractivity contribution is 9.10. The Morgan fingerprint density at radius 2 is 2.08 bits per heavy atom. The fraction of sp³-hybridized carbons (Fsp3) is 0.300. The maximum Gasteiger partial charge on any atom is 0.163 e. The Bertz CT molecular complexity index is 373. The summed E-state index contributed by atoms with van der Waals surface area (Å²) in [6.45, 7) is 0. The molecule has 1 aromatic carbocycles. The molecule has 0 amide bonds. The molecule has 0 radical (unpaired) electrons. The van der Waals surface area contributed by atoms with Crippen LogP contribution in [-0.4, -0.2) is 5.78 Å². The van der Waals surface area contributed by atoms with E-state index in [-0.39, 0.29) is 11.6 Å². The number of benzene rings is 1. The predicted octanol–water partition coefficient (Wildman–Crippen LogP) is 3.11. The van der Waals surface area contributed by atoms with Gasteiger partial charge in [-0.2, -0.15) is 0 Å². The molecule has 0 atom stereocenters. The largest absolute Gasteiger partial charge is 0.294 e. The third-order valence-electron chi connectivity index (χ3n) is 2.30. The minimum atomic E-state index is -0.284. The van der Waals surface area contributed by atoms with Crippen LogP contribution in [0, 0.1) is 5.82 Å². The van der Waals surface area contributed by atoms with Gasteiger partial charge in [-0.1, -0.05) is 0 Å². The van der Waals surface area contributed by atoms with Crippen molar-refractivity contribution < 1.29 is 9.18 Å². The molecule has 0 spiro atoms. The van der Waals surface area contributed by atoms with Crippen molar-refractivity contribution in [3.8, 4) is 0 Å². The Balaban J connectivity index is 2.58. The van der Waals surface area contributed by atoms with Gasteiger partial charge < -0.3 is 0 Å². The van der Waals surface area contributed by atoms with Gasteiger partial charge in [0.15, 0.2) is 5.78 Å². The highest BCUT2D eigenvalue weighted by atomic mass is 79.9. The van der Waals surface area contributed by atoms with E-state index < -0.39 is 0 Å². The number of carbonyl (C=O) groups is 1. The number of hydrogen-bond donors (Lipinski definition) is 0. The number of carbonyl (C=O) groups excluding carboxylic acids is 1. The first-order valence-electron chi connectivity index (χ1n) is 4.19. The molecule has 0 aromatic heterocycles. The quantitative estimate of drug-likeness (QED) is 0.684. The van der Waals surface area contributed by atoms with E-state index >= 15 is 0 Å². The van der Waals surface area contributed by atoms with Gasteiger partial charge in [0.25, 0.3) is 0 Å². The molecule has 1 aliphatic carbocycles. The second-order valence-electron chi connectivity index (χ2n) is 3.20. The fourth-order valence-electron chi connectivity index (χ4n) is 1.63. The minimum Gasteiger partial charge on any atom is -0.294 e. The average molecular weight is 243 g/mol. The zero-order valence-corrected chi connectivity index (χ0v) is 8.53. The molecule has 0 unspecified atom stereocenters. The Hall–Kier alpha value is -0.700. The summed E-state index contributed by atoms with van der Waals surface area (Å²) in [5.74, 6) is -0.157. The van der Waals surface area contributed by atoms with Gasteiger partial charge >= 0.3 is 0 Å². The number of ketones is 1. The van der Waals surface area contributed by atoms with E-state index in [9.17, 15) is 9.18 Å². The van der Waals surface area contributed by atoms with E-state index in [1.54, 1.807) is 6.07 Å². The van der Waals surface area contributed by atoms with Crippen molar-refractivity contribution >= 4 is 21.7 Å². The van der Waals surface area contributed by atoms with E-state index in [0.29, 0.717) is 16.5 Å². The zero-order valence-electron chi connectivity index (χ0n) is 6.94. The van der Waals surface area contributed by atoms with Crippen LogP contribution >= 0.6 is 15.9 Å². The lowest BCUT2D eigenvalue weighted by molar-refractivity contribution is 0.0972. The lowest BCUT2D eigenvalue weighted by Gasteiger charge is -2.14. The maximum atomic E-state index is 13.1. The molecule has 0 saturated heterocycles. The Morgan fingerprint density at radius 1 is 1.31 bits per heavy atom. The summed E-state index contributed by atoms with van der Waals surface area (Å²) in [6, 6.07) is 3.04. The van der Waals surface area contributed by atoms with Crippen molar-refractivity contribution in [3.63, 3.8) is 0 Å². The van der Waals surface area contributed by atoms with Crippen LogP contribution in [0.15, 0.2) is 16.6 Å². The van der Waals surface area contributed by atoms with E-state index in [4.69, 9.17) is 0 Å². The third kappa shape index (κ3) is 1.53. The molecule has 1 nitrogen and oxygen atoms in total. The SMILES string of the molecule is O=C1CCCc2cc(F)c(Br)cc21. The number of aryl methyl sites for hydroxylation is 1. The Morgan fingerprint density at radius 3 is 2.85 bits per heavy atom. The molecule has 0 saturated carbocycles. The first-order chi connectivity index (χ1) is 6.18. The number of rotatable bonds is 0. The molecule has 1 aromatic rings. The lowest BCUT2D eigenvalue weighted by Crippen LogP contribution is -2.11. The van der Waals surface area contributed by atoms with Crippen LogP contribution in [-0.2, 0) is 6.42 Å². The standard InChI is InChI=1S/C10H8BrFO/c11-8-5-7-6(4-9(8)12)2-1-3-10(7)13/h4-5H,1-3H2. The Kier molecular flexibility index (Phi) is 2.20. The highest BCUT2D eigenvalue weighted by Crippen LogP contribution is 2.26. The molecule has 2 rings (SSSR count). The van der Waals surface area contributed by atoms with Crippen molar-refractivity contribution in [3.05, 3.63) is 33.5 Å². The molecular formula is C10H8BrFO. The molecule has 0 aliphatic heterocycles. The van der Waals surface area contributed by atoms with Crippen LogP contribution < -0.4 is 0 Å². The summed E-state index contributed by atoms with van der Waals surface area (Å²) in [4.78, 5) is 11.4. The van der Waals surface area contributed by atoms with E-state index in [1.165, 1.54) is 6.07 Å². The molecule has 1 aliphatic rings. The van der Waals surface area contributed by atoms with E-state index in [1.807, 2.05) is 0 Å². The topological polar surface area (TPSA) is 17.1 Å². The predicted molar refractivity (Wildman–Crippen MR) is 51.4 cm³/mol. The summed E-state index contributed by atoms with van der Waals surface area (Å²) in [7, 11) is 0. The minimum absolute atomic E-state index is 0.127. The summed E-state index contributed by atoms with van der Waals surface area (Å²) in [6.07, 6.45) is 2.24. The van der Waals surface area contributed by atoms with Crippen LogP contribution in [0.5, 0.6) is 0 Å². The molecule has 0 heterocycles. The van der Waals surface area contributed by atoms with Gasteiger partial charge in [-0.25, -0.2) is 4.39 Å². The van der Waals surface area contributed by atoms with Crippen LogP contribution in [0.1, 0.15) is 28.8 Å². The highest BCUT2D eigenvalue weighted by Gasteiger charge is 2.18. The summed E-state index contributed by atoms with van der Waals surface area (Å²) in [5, 5.41) is 0. The molecule has 0 fully saturated rings. The maximum absolute atomic E-state index is 13.1. The summed E-state index contributed by atoms with van der Waals surface area (Å²) in [5.41, 5.74) is 1.52. The van der Waals surface area contributed by atoms with Gasteiger partial charge in [-0.15, -0.1) is 0 Å². The van der Waals surface area contributed by atoms with Gasteiger partial charge in [-0.3, -0.25) is 4.79 Å². The van der Waals surface area contributed by atoms with Gasteiger partial charge in [0.2, 0.25) is 0 Å². The van der Waals surface area contributed by atoms with Crippen LogP contribution in [0.3, 0.4) is 0 Å². The fourth-order valence-corrected chi connectivity index (χ4v) is 1.97. The molecule has 3 heteroatoms. The van der Waals surface area contributed by atoms with Crippen LogP contribution in [0.25, 0.3) is 0 Å². The summed E-state index contributed by atoms with van der Waals surface area (Å²) < 4.78 is 13.5. The van der Waals surface area contributed by atoms with Gasteiger partial charge in [0, 0.05) is 12.0 Å². The zero-order chi connectivity index (χ0) is 9.42. The van der Waals surface area contributed by atoms with Crippen molar-refractivity contribution in [1.29, 1.82) is 0 Å².